The Hall–Kier alpha value is -3.06. The average molecular weight is 365 g/mol. The van der Waals surface area contributed by atoms with Crippen molar-refractivity contribution < 1.29 is 19.1 Å². The first-order valence-electron chi connectivity index (χ1n) is 9.06. The van der Waals surface area contributed by atoms with E-state index in [9.17, 15) is 9.90 Å². The number of carbonyl (C=O) groups excluding carboxylic acids is 1. The molecule has 0 bridgehead atoms. The number of hydrogen-bond acceptors (Lipinski definition) is 6. The molecule has 1 amide bonds. The van der Waals surface area contributed by atoms with Crippen LogP contribution in [0.1, 0.15) is 22.3 Å². The van der Waals surface area contributed by atoms with Crippen molar-refractivity contribution in [3.63, 3.8) is 0 Å². The average Bonchev–Trinajstić information content (AvgIpc) is 3.39. The molecular weight excluding hydrogens is 346 g/mol. The third-order valence-corrected chi connectivity index (χ3v) is 5.02. The number of anilines is 2. The second-order valence-electron chi connectivity index (χ2n) is 6.94. The topological polar surface area (TPSA) is 87.8 Å². The number of nitrogens with zero attached hydrogens (tertiary/aromatic N) is 2. The van der Waals surface area contributed by atoms with Crippen LogP contribution in [0.2, 0.25) is 0 Å². The van der Waals surface area contributed by atoms with Gasteiger partial charge in [0, 0.05) is 30.8 Å². The Labute approximate surface area is 155 Å². The normalized spacial score (nSPS) is 18.6. The molecule has 7 nitrogen and oxygen atoms in total. The molecule has 3 heterocycles. The summed E-state index contributed by atoms with van der Waals surface area (Å²) in [7, 11) is 0. The van der Waals surface area contributed by atoms with Gasteiger partial charge in [-0.2, -0.15) is 4.98 Å². The van der Waals surface area contributed by atoms with Crippen LogP contribution in [0, 0.1) is 0 Å². The fraction of sp³-hybridized carbons (Fsp3) is 0.300. The Morgan fingerprint density at radius 2 is 2.19 bits per heavy atom. The first-order chi connectivity index (χ1) is 13.2. The van der Waals surface area contributed by atoms with Gasteiger partial charge in [-0.15, -0.1) is 0 Å². The first-order valence-corrected chi connectivity index (χ1v) is 9.06. The molecule has 0 aliphatic carbocycles. The largest absolute Gasteiger partial charge is 0.493 e. The fourth-order valence-corrected chi connectivity index (χ4v) is 3.57. The number of fused-ring (bicyclic) bond motifs is 2. The Morgan fingerprint density at radius 1 is 1.26 bits per heavy atom. The number of aromatic nitrogens is 1. The van der Waals surface area contributed by atoms with Crippen LogP contribution in [-0.2, 0) is 6.42 Å². The number of carbonyl (C=O) groups is 1. The molecule has 0 saturated carbocycles. The van der Waals surface area contributed by atoms with E-state index in [-0.39, 0.29) is 12.0 Å². The maximum absolute atomic E-state index is 12.6. The van der Waals surface area contributed by atoms with Crippen LogP contribution in [0.3, 0.4) is 0 Å². The highest BCUT2D eigenvalue weighted by atomic mass is 16.5. The van der Waals surface area contributed by atoms with Gasteiger partial charge < -0.3 is 24.5 Å². The van der Waals surface area contributed by atoms with Crippen molar-refractivity contribution in [3.05, 3.63) is 47.5 Å². The molecule has 2 aliphatic rings. The Morgan fingerprint density at radius 3 is 3.04 bits per heavy atom. The van der Waals surface area contributed by atoms with Gasteiger partial charge in [-0.25, -0.2) is 0 Å². The van der Waals surface area contributed by atoms with E-state index in [1.54, 1.807) is 24.3 Å². The van der Waals surface area contributed by atoms with Crippen molar-refractivity contribution in [2.24, 2.45) is 0 Å². The number of benzene rings is 2. The second-order valence-corrected chi connectivity index (χ2v) is 6.94. The van der Waals surface area contributed by atoms with Gasteiger partial charge in [0.25, 0.3) is 11.9 Å². The number of amides is 1. The van der Waals surface area contributed by atoms with Gasteiger partial charge in [-0.1, -0.05) is 0 Å². The SMILES string of the molecule is O=C(Nc1ccc2oc(N3CC[C@H](O)C3)nc2c1)c1ccc2c(c1)CCO2. The van der Waals surface area contributed by atoms with Crippen molar-refractivity contribution in [1.82, 2.24) is 4.98 Å². The minimum absolute atomic E-state index is 0.171. The van der Waals surface area contributed by atoms with E-state index < -0.39 is 0 Å². The number of β-amino-alcohol motifs (C(OH)–C–C–N with tert-alkyl or cyclic N) is 1. The molecule has 1 atom stereocenters. The van der Waals surface area contributed by atoms with Crippen LogP contribution in [0.4, 0.5) is 11.7 Å². The maximum atomic E-state index is 12.6. The van der Waals surface area contributed by atoms with E-state index in [1.165, 1.54) is 0 Å². The van der Waals surface area contributed by atoms with Gasteiger partial charge in [0.05, 0.1) is 12.7 Å². The molecule has 2 aliphatic heterocycles. The summed E-state index contributed by atoms with van der Waals surface area (Å²) in [5.41, 5.74) is 3.65. The highest BCUT2D eigenvalue weighted by molar-refractivity contribution is 6.05. The Kier molecular flexibility index (Phi) is 3.75. The van der Waals surface area contributed by atoms with Gasteiger partial charge >= 0.3 is 0 Å². The molecule has 0 radical (unpaired) electrons. The monoisotopic (exact) mass is 365 g/mol. The van der Waals surface area contributed by atoms with Crippen molar-refractivity contribution in [1.29, 1.82) is 0 Å². The summed E-state index contributed by atoms with van der Waals surface area (Å²) >= 11 is 0. The summed E-state index contributed by atoms with van der Waals surface area (Å²) in [4.78, 5) is 19.0. The van der Waals surface area contributed by atoms with Crippen LogP contribution in [0.5, 0.6) is 5.75 Å². The number of aliphatic hydroxyl groups excluding tert-OH is 1. The number of nitrogens with one attached hydrogen (secondary N) is 1. The third-order valence-electron chi connectivity index (χ3n) is 5.02. The Bertz CT molecular complexity index is 1030. The van der Waals surface area contributed by atoms with E-state index in [0.29, 0.717) is 47.9 Å². The van der Waals surface area contributed by atoms with Gasteiger partial charge in [-0.3, -0.25) is 4.79 Å². The maximum Gasteiger partial charge on any atom is 0.298 e. The lowest BCUT2D eigenvalue weighted by atomic mass is 10.1. The zero-order chi connectivity index (χ0) is 18.4. The van der Waals surface area contributed by atoms with Gasteiger partial charge in [-0.05, 0) is 48.4 Å². The minimum Gasteiger partial charge on any atom is -0.493 e. The molecule has 2 aromatic carbocycles. The van der Waals surface area contributed by atoms with Crippen molar-refractivity contribution in [2.45, 2.75) is 18.9 Å². The molecule has 5 rings (SSSR count). The van der Waals surface area contributed by atoms with Crippen molar-refractivity contribution >= 4 is 28.7 Å². The van der Waals surface area contributed by atoms with Gasteiger partial charge in [0.2, 0.25) is 0 Å². The van der Waals surface area contributed by atoms with Gasteiger partial charge in [0.1, 0.15) is 11.3 Å². The zero-order valence-corrected chi connectivity index (χ0v) is 14.6. The van der Waals surface area contributed by atoms with E-state index in [4.69, 9.17) is 9.15 Å². The molecular formula is C20H19N3O4. The number of rotatable bonds is 3. The predicted molar refractivity (Wildman–Crippen MR) is 100 cm³/mol. The highest BCUT2D eigenvalue weighted by Gasteiger charge is 2.24. The fourth-order valence-electron chi connectivity index (χ4n) is 3.57. The summed E-state index contributed by atoms with van der Waals surface area (Å²) in [6.45, 7) is 1.91. The highest BCUT2D eigenvalue weighted by Crippen LogP contribution is 2.28. The van der Waals surface area contributed by atoms with Gasteiger partial charge in [0.15, 0.2) is 5.58 Å². The van der Waals surface area contributed by atoms with Crippen LogP contribution < -0.4 is 15.0 Å². The third kappa shape index (κ3) is 3.00. The molecule has 1 saturated heterocycles. The molecule has 1 fully saturated rings. The van der Waals surface area contributed by atoms with Crippen LogP contribution in [0.15, 0.2) is 40.8 Å². The van der Waals surface area contributed by atoms with Crippen LogP contribution in [-0.4, -0.2) is 41.8 Å². The summed E-state index contributed by atoms with van der Waals surface area (Å²) in [5, 5.41) is 12.6. The lowest BCUT2D eigenvalue weighted by Crippen LogP contribution is -2.21. The number of ether oxygens (including phenoxy) is 1. The van der Waals surface area contributed by atoms with E-state index in [1.807, 2.05) is 17.0 Å². The summed E-state index contributed by atoms with van der Waals surface area (Å²) < 4.78 is 11.3. The van der Waals surface area contributed by atoms with E-state index in [0.717, 1.165) is 24.3 Å². The number of aliphatic hydroxyl groups is 1. The number of oxazole rings is 1. The molecule has 1 aromatic heterocycles. The molecule has 0 spiro atoms. The zero-order valence-electron chi connectivity index (χ0n) is 14.6. The molecule has 2 N–H and O–H groups in total. The summed E-state index contributed by atoms with van der Waals surface area (Å²) in [6.07, 6.45) is 1.20. The molecule has 3 aromatic rings. The van der Waals surface area contributed by atoms with Crippen molar-refractivity contribution in [2.75, 3.05) is 29.9 Å². The standard InChI is InChI=1S/C20H19N3O4/c24-15-5-7-23(11-15)20-22-16-10-14(2-4-18(16)27-20)21-19(25)13-1-3-17-12(9-13)6-8-26-17/h1-4,9-10,15,24H,5-8,11H2,(H,21,25)/t15-/m0/s1. The lowest BCUT2D eigenvalue weighted by molar-refractivity contribution is 0.102. The predicted octanol–water partition coefficient (Wildman–Crippen LogP) is 2.59. The molecule has 7 heteroatoms. The molecule has 138 valence electrons. The van der Waals surface area contributed by atoms with Crippen LogP contribution in [0.25, 0.3) is 11.1 Å². The molecule has 27 heavy (non-hydrogen) atoms. The minimum atomic E-state index is -0.340. The first kappa shape index (κ1) is 16.1. The smallest absolute Gasteiger partial charge is 0.298 e. The number of hydrogen-bond donors (Lipinski definition) is 2. The van der Waals surface area contributed by atoms with E-state index >= 15 is 0 Å². The summed E-state index contributed by atoms with van der Waals surface area (Å²) in [5.74, 6) is 0.686. The second kappa shape index (κ2) is 6.28. The quantitative estimate of drug-likeness (QED) is 0.742. The lowest BCUT2D eigenvalue weighted by Gasteiger charge is -2.10. The molecule has 0 unspecified atom stereocenters. The van der Waals surface area contributed by atoms with E-state index in [2.05, 4.69) is 10.3 Å². The van der Waals surface area contributed by atoms with Crippen LogP contribution >= 0.6 is 0 Å². The Balaban J connectivity index is 1.36. The van der Waals surface area contributed by atoms with Crippen molar-refractivity contribution in [3.8, 4) is 5.75 Å². The summed E-state index contributed by atoms with van der Waals surface area (Å²) in [6, 6.07) is 11.4.